The van der Waals surface area contributed by atoms with Gasteiger partial charge in [-0.05, 0) is 43.1 Å². The molecule has 2 aromatic rings. The zero-order chi connectivity index (χ0) is 13.7. The molecule has 0 amide bonds. The van der Waals surface area contributed by atoms with E-state index in [4.69, 9.17) is 11.6 Å². The molecular formula is C17H20ClN. The molecule has 0 saturated carbocycles. The number of nitrogens with one attached hydrogen (secondary N) is 1. The Morgan fingerprint density at radius 1 is 1.11 bits per heavy atom. The number of hydrogen-bond donors (Lipinski definition) is 1. The fourth-order valence-corrected chi connectivity index (χ4v) is 2.45. The number of likely N-dealkylation sites (N-methyl/N-ethyl adjacent to an activating group) is 1. The third-order valence-corrected chi connectivity index (χ3v) is 3.50. The maximum atomic E-state index is 5.95. The highest BCUT2D eigenvalue weighted by Crippen LogP contribution is 2.21. The first-order valence-electron chi connectivity index (χ1n) is 6.73. The van der Waals surface area contributed by atoms with Gasteiger partial charge in [0.05, 0.1) is 0 Å². The second-order valence-electron chi connectivity index (χ2n) is 4.85. The second-order valence-corrected chi connectivity index (χ2v) is 5.29. The quantitative estimate of drug-likeness (QED) is 0.843. The van der Waals surface area contributed by atoms with Crippen LogP contribution in [0.15, 0.2) is 48.5 Å². The van der Waals surface area contributed by atoms with Crippen molar-refractivity contribution in [3.63, 3.8) is 0 Å². The Kier molecular flexibility index (Phi) is 5.00. The molecule has 1 atom stereocenters. The lowest BCUT2D eigenvalue weighted by Crippen LogP contribution is -2.22. The van der Waals surface area contributed by atoms with E-state index in [1.807, 2.05) is 12.1 Å². The number of rotatable bonds is 5. The Bertz CT molecular complexity index is 519. The largest absolute Gasteiger partial charge is 0.310 e. The van der Waals surface area contributed by atoms with Crippen LogP contribution in [0.4, 0.5) is 0 Å². The highest BCUT2D eigenvalue weighted by molar-refractivity contribution is 6.30. The van der Waals surface area contributed by atoms with Gasteiger partial charge in [-0.2, -0.15) is 0 Å². The summed E-state index contributed by atoms with van der Waals surface area (Å²) in [5.74, 6) is 0. The number of hydrogen-bond acceptors (Lipinski definition) is 1. The van der Waals surface area contributed by atoms with Crippen LogP contribution in [0.3, 0.4) is 0 Å². The van der Waals surface area contributed by atoms with Crippen LogP contribution in [-0.4, -0.2) is 6.54 Å². The van der Waals surface area contributed by atoms with Crippen LogP contribution in [0, 0.1) is 6.92 Å². The van der Waals surface area contributed by atoms with Gasteiger partial charge in [0.1, 0.15) is 0 Å². The molecule has 0 aliphatic heterocycles. The van der Waals surface area contributed by atoms with Crippen molar-refractivity contribution in [2.24, 2.45) is 0 Å². The maximum Gasteiger partial charge on any atom is 0.0406 e. The van der Waals surface area contributed by atoms with Crippen molar-refractivity contribution < 1.29 is 0 Å². The molecule has 19 heavy (non-hydrogen) atoms. The first kappa shape index (κ1) is 14.1. The van der Waals surface area contributed by atoms with E-state index >= 15 is 0 Å². The number of aryl methyl sites for hydroxylation is 1. The molecule has 0 fully saturated rings. The Morgan fingerprint density at radius 3 is 2.47 bits per heavy atom. The molecule has 1 unspecified atom stereocenters. The summed E-state index contributed by atoms with van der Waals surface area (Å²) in [6, 6.07) is 17.1. The predicted molar refractivity (Wildman–Crippen MR) is 82.8 cm³/mol. The summed E-state index contributed by atoms with van der Waals surface area (Å²) < 4.78 is 0. The van der Waals surface area contributed by atoms with E-state index in [0.717, 1.165) is 18.0 Å². The summed E-state index contributed by atoms with van der Waals surface area (Å²) in [6.07, 6.45) is 0.997. The first-order chi connectivity index (χ1) is 9.19. The van der Waals surface area contributed by atoms with Crippen LogP contribution < -0.4 is 5.32 Å². The lowest BCUT2D eigenvalue weighted by molar-refractivity contribution is 0.550. The van der Waals surface area contributed by atoms with E-state index < -0.39 is 0 Å². The molecule has 2 heteroatoms. The Balaban J connectivity index is 2.18. The minimum Gasteiger partial charge on any atom is -0.310 e. The molecular weight excluding hydrogens is 254 g/mol. The van der Waals surface area contributed by atoms with Gasteiger partial charge < -0.3 is 5.32 Å². The van der Waals surface area contributed by atoms with Crippen LogP contribution >= 0.6 is 11.6 Å². The molecule has 0 radical (unpaired) electrons. The summed E-state index contributed by atoms with van der Waals surface area (Å²) in [5.41, 5.74) is 3.96. The average Bonchev–Trinajstić information content (AvgIpc) is 2.39. The summed E-state index contributed by atoms with van der Waals surface area (Å²) >= 11 is 5.95. The van der Waals surface area contributed by atoms with Gasteiger partial charge in [0.15, 0.2) is 0 Å². The minimum absolute atomic E-state index is 0.337. The van der Waals surface area contributed by atoms with Crippen LogP contribution in [0.2, 0.25) is 5.02 Å². The van der Waals surface area contributed by atoms with E-state index in [0.29, 0.717) is 6.04 Å². The van der Waals surface area contributed by atoms with E-state index in [1.165, 1.54) is 16.7 Å². The predicted octanol–water partition coefficient (Wildman–Crippen LogP) is 4.54. The summed E-state index contributed by atoms with van der Waals surface area (Å²) in [6.45, 7) is 5.23. The van der Waals surface area contributed by atoms with E-state index in [9.17, 15) is 0 Å². The van der Waals surface area contributed by atoms with E-state index in [-0.39, 0.29) is 0 Å². The average molecular weight is 274 g/mol. The van der Waals surface area contributed by atoms with Crippen molar-refractivity contribution in [2.75, 3.05) is 6.54 Å². The summed E-state index contributed by atoms with van der Waals surface area (Å²) in [5, 5.41) is 4.33. The zero-order valence-corrected chi connectivity index (χ0v) is 12.2. The van der Waals surface area contributed by atoms with Crippen LogP contribution in [-0.2, 0) is 6.42 Å². The third-order valence-electron chi connectivity index (χ3n) is 3.25. The highest BCUT2D eigenvalue weighted by Gasteiger charge is 2.11. The molecule has 100 valence electrons. The van der Waals surface area contributed by atoms with Crippen molar-refractivity contribution in [2.45, 2.75) is 26.3 Å². The monoisotopic (exact) mass is 273 g/mol. The van der Waals surface area contributed by atoms with Gasteiger partial charge in [-0.1, -0.05) is 60.5 Å². The number of halogens is 1. The molecule has 0 spiro atoms. The minimum atomic E-state index is 0.337. The van der Waals surface area contributed by atoms with Gasteiger partial charge >= 0.3 is 0 Å². The summed E-state index contributed by atoms with van der Waals surface area (Å²) in [7, 11) is 0. The first-order valence-corrected chi connectivity index (χ1v) is 7.11. The van der Waals surface area contributed by atoms with Crippen molar-refractivity contribution in [3.8, 4) is 0 Å². The Labute approximate surface area is 120 Å². The topological polar surface area (TPSA) is 12.0 Å². The Hall–Kier alpha value is -1.31. The molecule has 0 bridgehead atoms. The molecule has 0 aromatic heterocycles. The molecule has 1 nitrogen and oxygen atoms in total. The van der Waals surface area contributed by atoms with Gasteiger partial charge in [0, 0.05) is 11.1 Å². The SMILES string of the molecule is CCNC(Cc1cccc(C)c1)c1ccc(Cl)cc1. The van der Waals surface area contributed by atoms with Crippen molar-refractivity contribution >= 4 is 11.6 Å². The van der Waals surface area contributed by atoms with Gasteiger partial charge in [-0.15, -0.1) is 0 Å². The lowest BCUT2D eigenvalue weighted by Gasteiger charge is -2.19. The van der Waals surface area contributed by atoms with E-state index in [1.54, 1.807) is 0 Å². The van der Waals surface area contributed by atoms with E-state index in [2.05, 4.69) is 55.6 Å². The molecule has 0 aliphatic rings. The van der Waals surface area contributed by atoms with Crippen LogP contribution in [0.25, 0.3) is 0 Å². The van der Waals surface area contributed by atoms with Crippen molar-refractivity contribution in [1.82, 2.24) is 5.32 Å². The smallest absolute Gasteiger partial charge is 0.0406 e. The maximum absolute atomic E-state index is 5.95. The van der Waals surface area contributed by atoms with Gasteiger partial charge in [0.25, 0.3) is 0 Å². The summed E-state index contributed by atoms with van der Waals surface area (Å²) in [4.78, 5) is 0. The fourth-order valence-electron chi connectivity index (χ4n) is 2.32. The molecule has 0 aliphatic carbocycles. The fraction of sp³-hybridized carbons (Fsp3) is 0.294. The zero-order valence-electron chi connectivity index (χ0n) is 11.5. The van der Waals surface area contributed by atoms with Gasteiger partial charge in [0.2, 0.25) is 0 Å². The third kappa shape index (κ3) is 4.09. The van der Waals surface area contributed by atoms with Crippen LogP contribution in [0.5, 0.6) is 0 Å². The standard InChI is InChI=1S/C17H20ClN/c1-3-19-17(15-7-9-16(18)10-8-15)12-14-6-4-5-13(2)11-14/h4-11,17,19H,3,12H2,1-2H3. The number of benzene rings is 2. The molecule has 2 rings (SSSR count). The lowest BCUT2D eigenvalue weighted by atomic mass is 9.98. The van der Waals surface area contributed by atoms with Gasteiger partial charge in [-0.3, -0.25) is 0 Å². The van der Waals surface area contributed by atoms with Crippen molar-refractivity contribution in [3.05, 3.63) is 70.2 Å². The second kappa shape index (κ2) is 6.74. The van der Waals surface area contributed by atoms with Crippen LogP contribution in [0.1, 0.15) is 29.7 Å². The highest BCUT2D eigenvalue weighted by atomic mass is 35.5. The molecule has 1 N–H and O–H groups in total. The molecule has 2 aromatic carbocycles. The van der Waals surface area contributed by atoms with Crippen molar-refractivity contribution in [1.29, 1.82) is 0 Å². The Morgan fingerprint density at radius 2 is 1.84 bits per heavy atom. The normalized spacial score (nSPS) is 12.4. The molecule has 0 heterocycles. The molecule has 0 saturated heterocycles. The van der Waals surface area contributed by atoms with Gasteiger partial charge in [-0.25, -0.2) is 0 Å².